The summed E-state index contributed by atoms with van der Waals surface area (Å²) in [7, 11) is 0. The molecule has 1 atom stereocenters. The van der Waals surface area contributed by atoms with Crippen molar-refractivity contribution in [3.05, 3.63) is 0 Å². The molecule has 0 spiro atoms. The van der Waals surface area contributed by atoms with E-state index in [1.807, 2.05) is 0 Å². The second-order valence-corrected chi connectivity index (χ2v) is 2.56. The summed E-state index contributed by atoms with van der Waals surface area (Å²) in [6, 6.07) is 0. The van der Waals surface area contributed by atoms with E-state index in [-0.39, 0.29) is 0 Å². The third kappa shape index (κ3) is 1.48. The molecule has 1 aliphatic rings. The molecular formula is C6H14N+. The topological polar surface area (TPSA) is 16.6 Å². The quantitative estimate of drug-likeness (QED) is 0.440. The van der Waals surface area contributed by atoms with Gasteiger partial charge in [0, 0.05) is 5.92 Å². The van der Waals surface area contributed by atoms with Gasteiger partial charge in [-0.05, 0) is 12.8 Å². The number of hydrogen-bond acceptors (Lipinski definition) is 0. The molecule has 1 fully saturated rings. The first-order valence-corrected chi connectivity index (χ1v) is 3.21. The van der Waals surface area contributed by atoms with E-state index in [9.17, 15) is 0 Å². The van der Waals surface area contributed by atoms with Crippen molar-refractivity contribution in [2.45, 2.75) is 19.8 Å². The normalized spacial score (nSPS) is 33.0. The van der Waals surface area contributed by atoms with Crippen LogP contribution in [0.4, 0.5) is 0 Å². The fourth-order valence-electron chi connectivity index (χ4n) is 1.13. The molecule has 0 aromatic heterocycles. The molecule has 1 heteroatoms. The highest BCUT2D eigenvalue weighted by Gasteiger charge is 2.08. The van der Waals surface area contributed by atoms with E-state index in [2.05, 4.69) is 12.2 Å². The van der Waals surface area contributed by atoms with E-state index in [0.29, 0.717) is 0 Å². The molecule has 0 unspecified atom stereocenters. The summed E-state index contributed by atoms with van der Waals surface area (Å²) >= 11 is 0. The molecular weight excluding hydrogens is 86.1 g/mol. The molecule has 1 heterocycles. The smallest absolute Gasteiger partial charge is 0.0781 e. The van der Waals surface area contributed by atoms with Gasteiger partial charge >= 0.3 is 0 Å². The third-order valence-electron chi connectivity index (χ3n) is 1.67. The highest BCUT2D eigenvalue weighted by molar-refractivity contribution is 4.51. The van der Waals surface area contributed by atoms with Gasteiger partial charge in [0.2, 0.25) is 0 Å². The fraction of sp³-hybridized carbons (Fsp3) is 1.00. The lowest BCUT2D eigenvalue weighted by Crippen LogP contribution is -2.87. The Bertz CT molecular complexity index is 46.1. The Kier molecular flexibility index (Phi) is 1.69. The minimum absolute atomic E-state index is 0.980. The minimum Gasteiger partial charge on any atom is -0.346 e. The first-order chi connectivity index (χ1) is 3.39. The second kappa shape index (κ2) is 2.31. The molecule has 42 valence electrons. The van der Waals surface area contributed by atoms with Crippen LogP contribution in [0.15, 0.2) is 0 Å². The molecule has 1 saturated heterocycles. The minimum atomic E-state index is 0.980. The van der Waals surface area contributed by atoms with Crippen molar-refractivity contribution in [1.29, 1.82) is 0 Å². The lowest BCUT2D eigenvalue weighted by molar-refractivity contribution is -0.668. The summed E-state index contributed by atoms with van der Waals surface area (Å²) in [5.74, 6) is 0.980. The zero-order chi connectivity index (χ0) is 5.11. The van der Waals surface area contributed by atoms with Crippen molar-refractivity contribution in [2.24, 2.45) is 5.92 Å². The lowest BCUT2D eigenvalue weighted by atomic mass is 10.0. The van der Waals surface area contributed by atoms with E-state index in [1.165, 1.54) is 25.9 Å². The summed E-state index contributed by atoms with van der Waals surface area (Å²) in [5, 5.41) is 2.41. The second-order valence-electron chi connectivity index (χ2n) is 2.56. The van der Waals surface area contributed by atoms with Crippen LogP contribution in [0.25, 0.3) is 0 Å². The maximum atomic E-state index is 2.41. The van der Waals surface area contributed by atoms with Crippen LogP contribution in [0.5, 0.6) is 0 Å². The van der Waals surface area contributed by atoms with E-state index >= 15 is 0 Å². The van der Waals surface area contributed by atoms with Gasteiger partial charge in [-0.2, -0.15) is 0 Å². The summed E-state index contributed by atoms with van der Waals surface area (Å²) < 4.78 is 0. The predicted molar refractivity (Wildman–Crippen MR) is 30.1 cm³/mol. The number of nitrogens with two attached hydrogens (primary N) is 1. The van der Waals surface area contributed by atoms with Gasteiger partial charge in [-0.1, -0.05) is 6.92 Å². The van der Waals surface area contributed by atoms with Crippen LogP contribution < -0.4 is 5.32 Å². The van der Waals surface area contributed by atoms with Gasteiger partial charge in [0.1, 0.15) is 0 Å². The van der Waals surface area contributed by atoms with Crippen molar-refractivity contribution < 1.29 is 5.32 Å². The molecule has 0 aromatic carbocycles. The van der Waals surface area contributed by atoms with E-state index in [0.717, 1.165) is 5.92 Å². The van der Waals surface area contributed by atoms with Gasteiger partial charge in [-0.15, -0.1) is 0 Å². The number of quaternary nitrogens is 1. The Labute approximate surface area is 45.1 Å². The summed E-state index contributed by atoms with van der Waals surface area (Å²) in [5.41, 5.74) is 0. The highest BCUT2D eigenvalue weighted by Crippen LogP contribution is 2.02. The molecule has 0 radical (unpaired) electrons. The maximum Gasteiger partial charge on any atom is 0.0781 e. The SMILES string of the molecule is C[C@H]1CCC[NH2+]C1. The Morgan fingerprint density at radius 2 is 2.43 bits per heavy atom. The molecule has 2 N–H and O–H groups in total. The highest BCUT2D eigenvalue weighted by atomic mass is 14.9. The molecule has 1 rings (SSSR count). The summed E-state index contributed by atoms with van der Waals surface area (Å²) in [6.07, 6.45) is 2.89. The van der Waals surface area contributed by atoms with Crippen molar-refractivity contribution in [3.8, 4) is 0 Å². The standard InChI is InChI=1S/C6H13N/c1-6-3-2-4-7-5-6/h6-7H,2-5H2,1H3/p+1/t6-/m0/s1. The van der Waals surface area contributed by atoms with Crippen LogP contribution >= 0.6 is 0 Å². The van der Waals surface area contributed by atoms with Crippen LogP contribution in [-0.2, 0) is 0 Å². The van der Waals surface area contributed by atoms with Crippen molar-refractivity contribution >= 4 is 0 Å². The third-order valence-corrected chi connectivity index (χ3v) is 1.67. The molecule has 0 aliphatic carbocycles. The molecule has 1 aliphatic heterocycles. The van der Waals surface area contributed by atoms with Crippen LogP contribution in [0.3, 0.4) is 0 Å². The zero-order valence-electron chi connectivity index (χ0n) is 4.98. The van der Waals surface area contributed by atoms with Gasteiger partial charge < -0.3 is 5.32 Å². The predicted octanol–water partition coefficient (Wildman–Crippen LogP) is -0.0203. The van der Waals surface area contributed by atoms with Crippen molar-refractivity contribution in [1.82, 2.24) is 0 Å². The fourth-order valence-corrected chi connectivity index (χ4v) is 1.13. The maximum absolute atomic E-state index is 2.41. The Balaban J connectivity index is 2.12. The first kappa shape index (κ1) is 5.10. The van der Waals surface area contributed by atoms with E-state index in [4.69, 9.17) is 0 Å². The number of piperidine rings is 1. The van der Waals surface area contributed by atoms with Gasteiger partial charge in [0.15, 0.2) is 0 Å². The average Bonchev–Trinajstić information content (AvgIpc) is 1.69. The molecule has 0 amide bonds. The largest absolute Gasteiger partial charge is 0.346 e. The Morgan fingerprint density at radius 1 is 1.57 bits per heavy atom. The zero-order valence-corrected chi connectivity index (χ0v) is 4.98. The number of hydrogen-bond donors (Lipinski definition) is 1. The monoisotopic (exact) mass is 100 g/mol. The van der Waals surface area contributed by atoms with Gasteiger partial charge in [0.25, 0.3) is 0 Å². The van der Waals surface area contributed by atoms with Gasteiger partial charge in [0.05, 0.1) is 13.1 Å². The van der Waals surface area contributed by atoms with Crippen molar-refractivity contribution in [3.63, 3.8) is 0 Å². The van der Waals surface area contributed by atoms with E-state index < -0.39 is 0 Å². The summed E-state index contributed by atoms with van der Waals surface area (Å²) in [6.45, 7) is 5.06. The molecule has 0 bridgehead atoms. The van der Waals surface area contributed by atoms with Crippen molar-refractivity contribution in [2.75, 3.05) is 13.1 Å². The van der Waals surface area contributed by atoms with Crippen LogP contribution in [0.1, 0.15) is 19.8 Å². The Hall–Kier alpha value is -0.0400. The Morgan fingerprint density at radius 3 is 2.71 bits per heavy atom. The lowest BCUT2D eigenvalue weighted by Gasteiger charge is -2.14. The first-order valence-electron chi connectivity index (χ1n) is 3.21. The van der Waals surface area contributed by atoms with Gasteiger partial charge in [-0.3, -0.25) is 0 Å². The number of rotatable bonds is 0. The van der Waals surface area contributed by atoms with Crippen LogP contribution in [-0.4, -0.2) is 13.1 Å². The van der Waals surface area contributed by atoms with E-state index in [1.54, 1.807) is 0 Å². The van der Waals surface area contributed by atoms with Crippen LogP contribution in [0.2, 0.25) is 0 Å². The molecule has 1 nitrogen and oxygen atoms in total. The van der Waals surface area contributed by atoms with Gasteiger partial charge in [-0.25, -0.2) is 0 Å². The molecule has 7 heavy (non-hydrogen) atoms. The molecule has 0 saturated carbocycles. The molecule has 0 aromatic rings. The van der Waals surface area contributed by atoms with Crippen LogP contribution in [0, 0.1) is 5.92 Å². The average molecular weight is 100 g/mol. The summed E-state index contributed by atoms with van der Waals surface area (Å²) in [4.78, 5) is 0.